The molecule has 1 saturated heterocycles. The maximum atomic E-state index is 11.8. The van der Waals surface area contributed by atoms with Crippen molar-refractivity contribution in [2.75, 3.05) is 13.1 Å². The Morgan fingerprint density at radius 2 is 2.33 bits per heavy atom. The van der Waals surface area contributed by atoms with Gasteiger partial charge in [0, 0.05) is 13.1 Å². The molecule has 1 aliphatic heterocycles. The Kier molecular flexibility index (Phi) is 3.55. The molecule has 1 fully saturated rings. The molecule has 0 aromatic carbocycles. The molecular formula is C12H16N2O4. The average Bonchev–Trinajstić information content (AvgIpc) is 2.94. The first-order chi connectivity index (χ1) is 8.56. The third-order valence-electron chi connectivity index (χ3n) is 3.03. The van der Waals surface area contributed by atoms with E-state index in [1.807, 2.05) is 13.0 Å². The molecule has 18 heavy (non-hydrogen) atoms. The lowest BCUT2D eigenvalue weighted by Crippen LogP contribution is -2.38. The van der Waals surface area contributed by atoms with E-state index < -0.39 is 11.9 Å². The van der Waals surface area contributed by atoms with E-state index in [1.54, 1.807) is 6.07 Å². The first-order valence-electron chi connectivity index (χ1n) is 5.87. The lowest BCUT2D eigenvalue weighted by molar-refractivity contribution is -0.141. The summed E-state index contributed by atoms with van der Waals surface area (Å²) in [6, 6.07) is 3.39. The van der Waals surface area contributed by atoms with Crippen molar-refractivity contribution in [1.82, 2.24) is 10.2 Å². The molecule has 0 spiro atoms. The predicted molar refractivity (Wildman–Crippen MR) is 63.0 cm³/mol. The second-order valence-corrected chi connectivity index (χ2v) is 4.44. The number of hydrogen-bond donors (Lipinski definition) is 2. The summed E-state index contributed by atoms with van der Waals surface area (Å²) < 4.78 is 5.33. The summed E-state index contributed by atoms with van der Waals surface area (Å²) in [5, 5.41) is 11.6. The van der Waals surface area contributed by atoms with Gasteiger partial charge in [-0.15, -0.1) is 0 Å². The van der Waals surface area contributed by atoms with Crippen LogP contribution in [0.3, 0.4) is 0 Å². The number of aliphatic carboxylic acids is 1. The van der Waals surface area contributed by atoms with E-state index in [2.05, 4.69) is 5.32 Å². The highest BCUT2D eigenvalue weighted by molar-refractivity contribution is 5.77. The van der Waals surface area contributed by atoms with Crippen LogP contribution in [0.1, 0.15) is 17.9 Å². The fraction of sp³-hybridized carbons (Fsp3) is 0.500. The lowest BCUT2D eigenvalue weighted by atomic mass is 10.1. The van der Waals surface area contributed by atoms with Crippen LogP contribution in [0, 0.1) is 12.8 Å². The molecule has 98 valence electrons. The fourth-order valence-electron chi connectivity index (χ4n) is 2.00. The molecule has 1 unspecified atom stereocenters. The van der Waals surface area contributed by atoms with E-state index in [0.717, 1.165) is 5.76 Å². The number of carbonyl (C=O) groups excluding carboxylic acids is 1. The Hall–Kier alpha value is -1.98. The number of furan rings is 1. The smallest absolute Gasteiger partial charge is 0.317 e. The van der Waals surface area contributed by atoms with E-state index in [9.17, 15) is 9.59 Å². The van der Waals surface area contributed by atoms with Gasteiger partial charge in [0.25, 0.3) is 0 Å². The zero-order valence-corrected chi connectivity index (χ0v) is 10.2. The largest absolute Gasteiger partial charge is 0.481 e. The minimum absolute atomic E-state index is 0.243. The Labute approximate surface area is 105 Å². The molecule has 0 aliphatic carbocycles. The molecular weight excluding hydrogens is 236 g/mol. The topological polar surface area (TPSA) is 82.8 Å². The number of carboxylic acids is 1. The fourth-order valence-corrected chi connectivity index (χ4v) is 2.00. The van der Waals surface area contributed by atoms with E-state index >= 15 is 0 Å². The van der Waals surface area contributed by atoms with Crippen LogP contribution in [-0.4, -0.2) is 35.1 Å². The molecule has 0 bridgehead atoms. The zero-order chi connectivity index (χ0) is 13.1. The summed E-state index contributed by atoms with van der Waals surface area (Å²) >= 11 is 0. The van der Waals surface area contributed by atoms with Crippen LogP contribution in [0.25, 0.3) is 0 Å². The zero-order valence-electron chi connectivity index (χ0n) is 10.2. The van der Waals surface area contributed by atoms with Crippen molar-refractivity contribution in [3.63, 3.8) is 0 Å². The monoisotopic (exact) mass is 252 g/mol. The van der Waals surface area contributed by atoms with Gasteiger partial charge in [-0.1, -0.05) is 0 Å². The number of nitrogens with zero attached hydrogens (tertiary/aromatic N) is 1. The Morgan fingerprint density at radius 3 is 2.89 bits per heavy atom. The number of hydrogen-bond acceptors (Lipinski definition) is 3. The van der Waals surface area contributed by atoms with Gasteiger partial charge in [-0.2, -0.15) is 0 Å². The lowest BCUT2D eigenvalue weighted by Gasteiger charge is -2.16. The van der Waals surface area contributed by atoms with Crippen LogP contribution in [0.15, 0.2) is 16.5 Å². The minimum Gasteiger partial charge on any atom is -0.481 e. The van der Waals surface area contributed by atoms with Crippen LogP contribution in [0.2, 0.25) is 0 Å². The van der Waals surface area contributed by atoms with Crippen molar-refractivity contribution in [2.24, 2.45) is 5.92 Å². The summed E-state index contributed by atoms with van der Waals surface area (Å²) in [6.45, 7) is 2.92. The standard InChI is InChI=1S/C12H16N2O4/c1-8-2-3-10(18-8)6-13-12(17)14-5-4-9(7-14)11(15)16/h2-3,9H,4-7H2,1H3,(H,13,17)(H,15,16). The van der Waals surface area contributed by atoms with Gasteiger partial charge in [0.1, 0.15) is 11.5 Å². The van der Waals surface area contributed by atoms with Crippen LogP contribution in [-0.2, 0) is 11.3 Å². The van der Waals surface area contributed by atoms with E-state index in [0.29, 0.717) is 25.3 Å². The summed E-state index contributed by atoms with van der Waals surface area (Å²) in [6.07, 6.45) is 0.516. The van der Waals surface area contributed by atoms with Crippen molar-refractivity contribution in [1.29, 1.82) is 0 Å². The number of carboxylic acid groups (broad SMARTS) is 1. The maximum Gasteiger partial charge on any atom is 0.317 e. The quantitative estimate of drug-likeness (QED) is 0.846. The number of urea groups is 1. The highest BCUT2D eigenvalue weighted by Crippen LogP contribution is 2.16. The van der Waals surface area contributed by atoms with Gasteiger partial charge >= 0.3 is 12.0 Å². The van der Waals surface area contributed by atoms with E-state index in [-0.39, 0.29) is 12.6 Å². The summed E-state index contributed by atoms with van der Waals surface area (Å²) in [4.78, 5) is 24.1. The molecule has 1 atom stereocenters. The molecule has 2 heterocycles. The molecule has 0 radical (unpaired) electrons. The summed E-state index contributed by atoms with van der Waals surface area (Å²) in [5.41, 5.74) is 0. The highest BCUT2D eigenvalue weighted by atomic mass is 16.4. The number of carbonyl (C=O) groups is 2. The Bertz CT molecular complexity index is 455. The molecule has 2 N–H and O–H groups in total. The SMILES string of the molecule is Cc1ccc(CNC(=O)N2CCC(C(=O)O)C2)o1. The number of aryl methyl sites for hydroxylation is 1. The Balaban J connectivity index is 1.80. The van der Waals surface area contributed by atoms with Crippen molar-refractivity contribution in [2.45, 2.75) is 19.9 Å². The number of amides is 2. The van der Waals surface area contributed by atoms with Gasteiger partial charge in [-0.3, -0.25) is 4.79 Å². The van der Waals surface area contributed by atoms with Gasteiger partial charge < -0.3 is 19.7 Å². The Morgan fingerprint density at radius 1 is 1.56 bits per heavy atom. The molecule has 2 amide bonds. The normalized spacial score (nSPS) is 18.9. The second kappa shape index (κ2) is 5.12. The van der Waals surface area contributed by atoms with Crippen molar-refractivity contribution in [3.8, 4) is 0 Å². The minimum atomic E-state index is -0.841. The third-order valence-corrected chi connectivity index (χ3v) is 3.03. The molecule has 1 aromatic rings. The second-order valence-electron chi connectivity index (χ2n) is 4.44. The molecule has 1 aliphatic rings. The summed E-state index contributed by atoms with van der Waals surface area (Å²) in [5.74, 6) is 0.203. The van der Waals surface area contributed by atoms with Gasteiger partial charge in [-0.25, -0.2) is 4.79 Å². The molecule has 1 aromatic heterocycles. The van der Waals surface area contributed by atoms with Crippen LogP contribution in [0.5, 0.6) is 0 Å². The maximum absolute atomic E-state index is 11.8. The highest BCUT2D eigenvalue weighted by Gasteiger charge is 2.30. The molecule has 2 rings (SSSR count). The van der Waals surface area contributed by atoms with Gasteiger partial charge in [-0.05, 0) is 25.5 Å². The average molecular weight is 252 g/mol. The number of rotatable bonds is 3. The molecule has 0 saturated carbocycles. The van der Waals surface area contributed by atoms with Gasteiger partial charge in [0.05, 0.1) is 12.5 Å². The van der Waals surface area contributed by atoms with Crippen molar-refractivity contribution < 1.29 is 19.1 Å². The third kappa shape index (κ3) is 2.82. The molecule has 6 nitrogen and oxygen atoms in total. The van der Waals surface area contributed by atoms with Crippen LogP contribution < -0.4 is 5.32 Å². The van der Waals surface area contributed by atoms with Gasteiger partial charge in [0.2, 0.25) is 0 Å². The van der Waals surface area contributed by atoms with E-state index in [4.69, 9.17) is 9.52 Å². The number of nitrogens with one attached hydrogen (secondary N) is 1. The van der Waals surface area contributed by atoms with Crippen molar-refractivity contribution >= 4 is 12.0 Å². The molecule has 6 heteroatoms. The van der Waals surface area contributed by atoms with Gasteiger partial charge in [0.15, 0.2) is 0 Å². The van der Waals surface area contributed by atoms with Crippen LogP contribution in [0.4, 0.5) is 4.79 Å². The van der Waals surface area contributed by atoms with Crippen LogP contribution >= 0.6 is 0 Å². The first kappa shape index (κ1) is 12.5. The van der Waals surface area contributed by atoms with E-state index in [1.165, 1.54) is 4.90 Å². The van der Waals surface area contributed by atoms with Crippen molar-refractivity contribution in [3.05, 3.63) is 23.7 Å². The first-order valence-corrected chi connectivity index (χ1v) is 5.87. The predicted octanol–water partition coefficient (Wildman–Crippen LogP) is 1.20. The summed E-state index contributed by atoms with van der Waals surface area (Å²) in [7, 11) is 0. The number of likely N-dealkylation sites (tertiary alicyclic amines) is 1.